The highest BCUT2D eigenvalue weighted by Crippen LogP contribution is 2.36. The van der Waals surface area contributed by atoms with Gasteiger partial charge in [-0.15, -0.1) is 35.3 Å². The van der Waals surface area contributed by atoms with Crippen molar-refractivity contribution in [3.8, 4) is 5.75 Å². The molecular weight excluding hydrogens is 483 g/mol. The Morgan fingerprint density at radius 2 is 2.04 bits per heavy atom. The molecule has 1 fully saturated rings. The van der Waals surface area contributed by atoms with E-state index in [1.165, 1.54) is 24.3 Å². The van der Waals surface area contributed by atoms with Gasteiger partial charge in [0.1, 0.15) is 12.4 Å². The molecule has 2 N–H and O–H groups in total. The Bertz CT molecular complexity index is 696. The number of likely N-dealkylation sites (tertiary alicyclic amines) is 1. The molecule has 0 spiro atoms. The Morgan fingerprint density at radius 1 is 1.21 bits per heavy atom. The molecule has 1 saturated heterocycles. The molecule has 1 aromatic heterocycles. The lowest BCUT2D eigenvalue weighted by atomic mass is 9.88. The molecule has 1 aromatic carbocycles. The number of ether oxygens (including phenoxy) is 1. The topological polar surface area (TPSA) is 48.9 Å². The molecule has 2 aromatic rings. The fraction of sp³-hybridized carbons (Fsp3) is 0.476. The molecule has 0 amide bonds. The zero-order valence-corrected chi connectivity index (χ0v) is 19.8. The molecule has 5 nitrogen and oxygen atoms in total. The van der Waals surface area contributed by atoms with E-state index in [0.717, 1.165) is 18.3 Å². The van der Waals surface area contributed by atoms with Gasteiger partial charge >= 0.3 is 0 Å². The smallest absolute Gasteiger partial charge is 0.191 e. The molecule has 0 saturated carbocycles. The van der Waals surface area contributed by atoms with Gasteiger partial charge in [-0.2, -0.15) is 0 Å². The van der Waals surface area contributed by atoms with E-state index in [0.29, 0.717) is 25.1 Å². The van der Waals surface area contributed by atoms with Gasteiger partial charge in [0.15, 0.2) is 5.96 Å². The lowest BCUT2D eigenvalue weighted by Crippen LogP contribution is -2.45. The van der Waals surface area contributed by atoms with Crippen LogP contribution in [-0.4, -0.2) is 51.2 Å². The summed E-state index contributed by atoms with van der Waals surface area (Å²) < 4.78 is 5.72. The second kappa shape index (κ2) is 12.3. The first-order valence-electron chi connectivity index (χ1n) is 9.64. The van der Waals surface area contributed by atoms with Crippen molar-refractivity contribution in [3.63, 3.8) is 0 Å². The predicted molar refractivity (Wildman–Crippen MR) is 129 cm³/mol. The third-order valence-electron chi connectivity index (χ3n) is 5.00. The average Bonchev–Trinajstić information content (AvgIpc) is 3.22. The van der Waals surface area contributed by atoms with E-state index in [1.54, 1.807) is 0 Å². The van der Waals surface area contributed by atoms with E-state index >= 15 is 0 Å². The Kier molecular flexibility index (Phi) is 10.1. The van der Waals surface area contributed by atoms with Crippen molar-refractivity contribution in [3.05, 3.63) is 52.7 Å². The molecule has 7 heteroatoms. The van der Waals surface area contributed by atoms with Crippen LogP contribution in [0.1, 0.15) is 23.8 Å². The van der Waals surface area contributed by atoms with Gasteiger partial charge in [-0.25, -0.2) is 0 Å². The standard InChI is InChI=1S/C21H30N4OS.HI/c1-22-21(23-12-14-26-18-9-4-3-5-10-18)24-16-17-8-6-13-25(2)20(17)19-11-7-15-27-19;/h3-5,7,9-11,15,17,20H,6,8,12-14,16H2,1-2H3,(H2,22,23,24);1H. The lowest BCUT2D eigenvalue weighted by molar-refractivity contribution is 0.125. The minimum atomic E-state index is 0. The van der Waals surface area contributed by atoms with E-state index in [1.807, 2.05) is 48.7 Å². The molecule has 0 aliphatic carbocycles. The summed E-state index contributed by atoms with van der Waals surface area (Å²) in [4.78, 5) is 8.30. The van der Waals surface area contributed by atoms with Crippen molar-refractivity contribution < 1.29 is 4.74 Å². The molecule has 1 aliphatic heterocycles. The first-order valence-corrected chi connectivity index (χ1v) is 10.5. The van der Waals surface area contributed by atoms with Gasteiger partial charge in [-0.05, 0) is 55.9 Å². The van der Waals surface area contributed by atoms with Crippen molar-refractivity contribution in [1.29, 1.82) is 0 Å². The van der Waals surface area contributed by atoms with Crippen molar-refractivity contribution in [2.75, 3.05) is 40.3 Å². The van der Waals surface area contributed by atoms with Crippen LogP contribution in [0.2, 0.25) is 0 Å². The monoisotopic (exact) mass is 514 g/mol. The van der Waals surface area contributed by atoms with Crippen LogP contribution < -0.4 is 15.4 Å². The quantitative estimate of drug-likeness (QED) is 0.254. The minimum absolute atomic E-state index is 0. The van der Waals surface area contributed by atoms with E-state index < -0.39 is 0 Å². The van der Waals surface area contributed by atoms with Crippen molar-refractivity contribution in [1.82, 2.24) is 15.5 Å². The van der Waals surface area contributed by atoms with Gasteiger partial charge in [0.05, 0.1) is 6.54 Å². The summed E-state index contributed by atoms with van der Waals surface area (Å²) in [5, 5.41) is 9.03. The van der Waals surface area contributed by atoms with Crippen molar-refractivity contribution in [2.45, 2.75) is 18.9 Å². The molecule has 2 atom stereocenters. The molecule has 28 heavy (non-hydrogen) atoms. The molecule has 154 valence electrons. The second-order valence-corrected chi connectivity index (χ2v) is 7.86. The van der Waals surface area contributed by atoms with Crippen LogP contribution in [0, 0.1) is 5.92 Å². The third kappa shape index (κ3) is 6.63. The second-order valence-electron chi connectivity index (χ2n) is 6.88. The Hall–Kier alpha value is -1.32. The summed E-state index contributed by atoms with van der Waals surface area (Å²) in [7, 11) is 4.06. The van der Waals surface area contributed by atoms with Crippen LogP contribution in [0.5, 0.6) is 5.75 Å². The minimum Gasteiger partial charge on any atom is -0.492 e. The molecular formula is C21H31IN4OS. The largest absolute Gasteiger partial charge is 0.492 e. The molecule has 1 aliphatic rings. The number of halogens is 1. The summed E-state index contributed by atoms with van der Waals surface area (Å²) in [6.07, 6.45) is 2.50. The number of thiophene rings is 1. The number of benzene rings is 1. The van der Waals surface area contributed by atoms with E-state index in [4.69, 9.17) is 4.74 Å². The van der Waals surface area contributed by atoms with E-state index in [9.17, 15) is 0 Å². The highest BCUT2D eigenvalue weighted by molar-refractivity contribution is 14.0. The Morgan fingerprint density at radius 3 is 2.75 bits per heavy atom. The number of para-hydroxylation sites is 1. The van der Waals surface area contributed by atoms with Crippen LogP contribution in [0.4, 0.5) is 0 Å². The molecule has 0 radical (unpaired) electrons. The maximum atomic E-state index is 5.72. The van der Waals surface area contributed by atoms with Gasteiger partial charge in [-0.1, -0.05) is 24.3 Å². The summed E-state index contributed by atoms with van der Waals surface area (Å²) in [5.74, 6) is 2.32. The molecule has 2 unspecified atom stereocenters. The van der Waals surface area contributed by atoms with E-state index in [2.05, 4.69) is 45.1 Å². The zero-order chi connectivity index (χ0) is 18.9. The van der Waals surface area contributed by atoms with Crippen LogP contribution in [0.25, 0.3) is 0 Å². The number of nitrogens with one attached hydrogen (secondary N) is 2. The first-order chi connectivity index (χ1) is 13.3. The van der Waals surface area contributed by atoms with Gasteiger partial charge < -0.3 is 15.4 Å². The molecule has 3 rings (SSSR count). The summed E-state index contributed by atoms with van der Waals surface area (Å²) in [6.45, 7) is 3.41. The van der Waals surface area contributed by atoms with Crippen LogP contribution in [-0.2, 0) is 0 Å². The fourth-order valence-corrected chi connectivity index (χ4v) is 4.67. The normalized spacial score (nSPS) is 20.3. The summed E-state index contributed by atoms with van der Waals surface area (Å²) in [5.41, 5.74) is 0. The number of aliphatic imine (C=N–C) groups is 1. The summed E-state index contributed by atoms with van der Waals surface area (Å²) >= 11 is 1.86. The van der Waals surface area contributed by atoms with Gasteiger partial charge in [-0.3, -0.25) is 9.89 Å². The predicted octanol–water partition coefficient (Wildman–Crippen LogP) is 3.99. The number of hydrogen-bond acceptors (Lipinski definition) is 4. The number of hydrogen-bond donors (Lipinski definition) is 2. The average molecular weight is 514 g/mol. The fourth-order valence-electron chi connectivity index (χ4n) is 3.69. The van der Waals surface area contributed by atoms with Crippen molar-refractivity contribution in [2.24, 2.45) is 10.9 Å². The maximum absolute atomic E-state index is 5.72. The van der Waals surface area contributed by atoms with Crippen LogP contribution in [0.15, 0.2) is 52.8 Å². The van der Waals surface area contributed by atoms with Crippen LogP contribution in [0.3, 0.4) is 0 Å². The Balaban J connectivity index is 0.00000280. The third-order valence-corrected chi connectivity index (χ3v) is 5.95. The molecule has 0 bridgehead atoms. The zero-order valence-electron chi connectivity index (χ0n) is 16.6. The SMILES string of the molecule is CN=C(NCCOc1ccccc1)NCC1CCCN(C)C1c1cccs1.I. The van der Waals surface area contributed by atoms with Crippen molar-refractivity contribution >= 4 is 41.3 Å². The highest BCUT2D eigenvalue weighted by atomic mass is 127. The number of guanidine groups is 1. The Labute approximate surface area is 189 Å². The van der Waals surface area contributed by atoms with E-state index in [-0.39, 0.29) is 24.0 Å². The summed E-state index contributed by atoms with van der Waals surface area (Å²) in [6, 6.07) is 14.8. The van der Waals surface area contributed by atoms with Gasteiger partial charge in [0.25, 0.3) is 0 Å². The van der Waals surface area contributed by atoms with Crippen LogP contribution >= 0.6 is 35.3 Å². The number of piperidine rings is 1. The van der Waals surface area contributed by atoms with Gasteiger partial charge in [0.2, 0.25) is 0 Å². The van der Waals surface area contributed by atoms with Gasteiger partial charge in [0, 0.05) is 24.5 Å². The lowest BCUT2D eigenvalue weighted by Gasteiger charge is -2.39. The first kappa shape index (κ1) is 23.0. The molecule has 2 heterocycles. The number of nitrogens with zero attached hydrogens (tertiary/aromatic N) is 2. The highest BCUT2D eigenvalue weighted by Gasteiger charge is 2.31. The maximum Gasteiger partial charge on any atom is 0.191 e. The number of rotatable bonds is 7.